The van der Waals surface area contributed by atoms with E-state index in [9.17, 15) is 8.42 Å². The summed E-state index contributed by atoms with van der Waals surface area (Å²) in [6.45, 7) is 2.00. The summed E-state index contributed by atoms with van der Waals surface area (Å²) in [6, 6.07) is 22.9. The number of benzene rings is 3. The molecule has 0 aliphatic heterocycles. The van der Waals surface area contributed by atoms with Gasteiger partial charge in [-0.3, -0.25) is 0 Å². The second-order valence-electron chi connectivity index (χ2n) is 7.46. The van der Waals surface area contributed by atoms with Gasteiger partial charge in [0.25, 0.3) is 0 Å². The van der Waals surface area contributed by atoms with Gasteiger partial charge >= 0.3 is 0 Å². The molecule has 0 saturated carbocycles. The number of oxazole rings is 1. The SMILES string of the molecule is COc1ccc(CN(Cc2nc(-c3ccccc3)oc2C)S(=O)(=O)c2ccc(Cl)cc2)cc1. The molecule has 1 heterocycles. The first-order chi connectivity index (χ1) is 15.9. The highest BCUT2D eigenvalue weighted by Gasteiger charge is 2.27. The molecule has 3 aromatic carbocycles. The molecule has 0 aliphatic carbocycles. The van der Waals surface area contributed by atoms with Crippen LogP contribution < -0.4 is 4.74 Å². The molecule has 0 bridgehead atoms. The van der Waals surface area contributed by atoms with E-state index in [2.05, 4.69) is 4.98 Å². The molecule has 0 fully saturated rings. The summed E-state index contributed by atoms with van der Waals surface area (Å²) in [7, 11) is -2.25. The number of sulfonamides is 1. The quantitative estimate of drug-likeness (QED) is 0.322. The van der Waals surface area contributed by atoms with Gasteiger partial charge in [0.05, 0.1) is 24.2 Å². The third-order valence-electron chi connectivity index (χ3n) is 5.21. The average Bonchev–Trinajstić information content (AvgIpc) is 3.20. The number of ether oxygens (including phenoxy) is 1. The van der Waals surface area contributed by atoms with Gasteiger partial charge in [-0.25, -0.2) is 13.4 Å². The van der Waals surface area contributed by atoms with Crippen LogP contribution in [0.5, 0.6) is 5.75 Å². The van der Waals surface area contributed by atoms with Crippen molar-refractivity contribution in [3.8, 4) is 17.2 Å². The number of hydrogen-bond donors (Lipinski definition) is 0. The molecule has 0 aliphatic rings. The summed E-state index contributed by atoms with van der Waals surface area (Å²) in [4.78, 5) is 4.75. The van der Waals surface area contributed by atoms with Crippen LogP contribution in [0, 0.1) is 6.92 Å². The average molecular weight is 483 g/mol. The number of nitrogens with zero attached hydrogens (tertiary/aromatic N) is 2. The Balaban J connectivity index is 1.69. The van der Waals surface area contributed by atoms with Gasteiger partial charge in [0.2, 0.25) is 15.9 Å². The number of hydrogen-bond acceptors (Lipinski definition) is 5. The minimum absolute atomic E-state index is 0.0547. The molecule has 33 heavy (non-hydrogen) atoms. The van der Waals surface area contributed by atoms with Crippen molar-refractivity contribution in [2.75, 3.05) is 7.11 Å². The van der Waals surface area contributed by atoms with Gasteiger partial charge in [0, 0.05) is 17.1 Å². The zero-order valence-corrected chi connectivity index (χ0v) is 19.8. The van der Waals surface area contributed by atoms with Crippen LogP contribution in [0.4, 0.5) is 0 Å². The molecule has 1 aromatic heterocycles. The molecule has 0 spiro atoms. The van der Waals surface area contributed by atoms with Crippen LogP contribution in [0.1, 0.15) is 17.0 Å². The Bertz CT molecular complexity index is 1320. The monoisotopic (exact) mass is 482 g/mol. The van der Waals surface area contributed by atoms with Crippen molar-refractivity contribution < 1.29 is 17.6 Å². The summed E-state index contributed by atoms with van der Waals surface area (Å²) in [5.74, 6) is 1.72. The van der Waals surface area contributed by atoms with Crippen LogP contribution in [0.2, 0.25) is 5.02 Å². The fraction of sp³-hybridized carbons (Fsp3) is 0.160. The van der Waals surface area contributed by atoms with Gasteiger partial charge in [-0.2, -0.15) is 4.31 Å². The second-order valence-corrected chi connectivity index (χ2v) is 9.84. The predicted molar refractivity (Wildman–Crippen MR) is 128 cm³/mol. The van der Waals surface area contributed by atoms with Crippen LogP contribution in [0.15, 0.2) is 88.2 Å². The summed E-state index contributed by atoms with van der Waals surface area (Å²) in [6.07, 6.45) is 0. The molecule has 0 atom stereocenters. The number of aryl methyl sites for hydroxylation is 1. The fourth-order valence-electron chi connectivity index (χ4n) is 3.36. The lowest BCUT2D eigenvalue weighted by Crippen LogP contribution is -2.30. The van der Waals surface area contributed by atoms with Gasteiger partial charge in [0.1, 0.15) is 11.5 Å². The van der Waals surface area contributed by atoms with Gasteiger partial charge in [-0.15, -0.1) is 0 Å². The summed E-state index contributed by atoms with van der Waals surface area (Å²) in [5, 5.41) is 0.468. The van der Waals surface area contributed by atoms with E-state index in [0.29, 0.717) is 28.1 Å². The van der Waals surface area contributed by atoms with Crippen LogP contribution in [-0.4, -0.2) is 24.8 Å². The smallest absolute Gasteiger partial charge is 0.243 e. The summed E-state index contributed by atoms with van der Waals surface area (Å²) in [5.41, 5.74) is 2.20. The molecule has 0 N–H and O–H groups in total. The van der Waals surface area contributed by atoms with Gasteiger partial charge < -0.3 is 9.15 Å². The molecule has 0 unspecified atom stereocenters. The first kappa shape index (κ1) is 23.0. The lowest BCUT2D eigenvalue weighted by Gasteiger charge is -2.22. The standard InChI is InChI=1S/C25H23ClN2O4S/c1-18-24(27-25(32-18)20-6-4-3-5-7-20)17-28(16-19-8-12-22(31-2)13-9-19)33(29,30)23-14-10-21(26)11-15-23/h3-15H,16-17H2,1-2H3. The Labute approximate surface area is 198 Å². The lowest BCUT2D eigenvalue weighted by atomic mass is 10.2. The van der Waals surface area contributed by atoms with Gasteiger partial charge in [0.15, 0.2) is 0 Å². The normalized spacial score (nSPS) is 11.6. The van der Waals surface area contributed by atoms with Crippen LogP contribution in [0.25, 0.3) is 11.5 Å². The molecular formula is C25H23ClN2O4S. The maximum Gasteiger partial charge on any atom is 0.243 e. The van der Waals surface area contributed by atoms with Crippen molar-refractivity contribution in [1.29, 1.82) is 0 Å². The van der Waals surface area contributed by atoms with Crippen LogP contribution in [-0.2, 0) is 23.1 Å². The predicted octanol–water partition coefficient (Wildman–Crippen LogP) is 5.70. The largest absolute Gasteiger partial charge is 0.497 e. The maximum atomic E-state index is 13.6. The second kappa shape index (κ2) is 9.79. The minimum atomic E-state index is -3.84. The van der Waals surface area contributed by atoms with Crippen molar-refractivity contribution in [1.82, 2.24) is 9.29 Å². The Kier molecular flexibility index (Phi) is 6.83. The van der Waals surface area contributed by atoms with Gasteiger partial charge in [-0.1, -0.05) is 41.9 Å². The van der Waals surface area contributed by atoms with E-state index in [0.717, 1.165) is 11.1 Å². The molecular weight excluding hydrogens is 460 g/mol. The van der Waals surface area contributed by atoms with E-state index in [1.54, 1.807) is 38.3 Å². The highest BCUT2D eigenvalue weighted by molar-refractivity contribution is 7.89. The highest BCUT2D eigenvalue weighted by atomic mass is 35.5. The number of halogens is 1. The summed E-state index contributed by atoms with van der Waals surface area (Å²) >= 11 is 5.97. The number of rotatable bonds is 8. The third kappa shape index (κ3) is 5.27. The van der Waals surface area contributed by atoms with Crippen LogP contribution >= 0.6 is 11.6 Å². The Hall–Kier alpha value is -3.13. The molecule has 0 radical (unpaired) electrons. The number of methoxy groups -OCH3 is 1. The van der Waals surface area contributed by atoms with Crippen molar-refractivity contribution in [2.45, 2.75) is 24.9 Å². The molecule has 4 rings (SSSR count). The zero-order valence-electron chi connectivity index (χ0n) is 18.2. The first-order valence-electron chi connectivity index (χ1n) is 10.3. The fourth-order valence-corrected chi connectivity index (χ4v) is 4.88. The van der Waals surface area contributed by atoms with E-state index in [1.165, 1.54) is 16.4 Å². The van der Waals surface area contributed by atoms with E-state index in [1.807, 2.05) is 42.5 Å². The molecule has 8 heteroatoms. The molecule has 0 saturated heterocycles. The third-order valence-corrected chi connectivity index (χ3v) is 7.27. The lowest BCUT2D eigenvalue weighted by molar-refractivity contribution is 0.393. The van der Waals surface area contributed by atoms with E-state index < -0.39 is 10.0 Å². The zero-order chi connectivity index (χ0) is 23.4. The van der Waals surface area contributed by atoms with Gasteiger partial charge in [-0.05, 0) is 61.0 Å². The highest BCUT2D eigenvalue weighted by Crippen LogP contribution is 2.27. The molecule has 6 nitrogen and oxygen atoms in total. The van der Waals surface area contributed by atoms with E-state index in [-0.39, 0.29) is 18.0 Å². The molecule has 4 aromatic rings. The molecule has 170 valence electrons. The van der Waals surface area contributed by atoms with E-state index >= 15 is 0 Å². The Morgan fingerprint density at radius 1 is 0.939 bits per heavy atom. The number of aromatic nitrogens is 1. The molecule has 0 amide bonds. The Morgan fingerprint density at radius 3 is 2.24 bits per heavy atom. The van der Waals surface area contributed by atoms with Crippen molar-refractivity contribution in [3.63, 3.8) is 0 Å². The maximum absolute atomic E-state index is 13.6. The first-order valence-corrected chi connectivity index (χ1v) is 12.1. The summed E-state index contributed by atoms with van der Waals surface area (Å²) < 4.78 is 39.6. The van der Waals surface area contributed by atoms with Crippen molar-refractivity contribution in [3.05, 3.63) is 101 Å². The van der Waals surface area contributed by atoms with Crippen molar-refractivity contribution >= 4 is 21.6 Å². The Morgan fingerprint density at radius 2 is 1.61 bits per heavy atom. The van der Waals surface area contributed by atoms with Crippen LogP contribution in [0.3, 0.4) is 0 Å². The topological polar surface area (TPSA) is 72.6 Å². The van der Waals surface area contributed by atoms with Crippen molar-refractivity contribution in [2.24, 2.45) is 0 Å². The van der Waals surface area contributed by atoms with E-state index in [4.69, 9.17) is 20.8 Å². The minimum Gasteiger partial charge on any atom is -0.497 e.